The SMILES string of the molecule is CCC(C)Nc1nc(NCc2ccc(OC)cc2)nc(NCc2ccc(OC)cc2)n1. The van der Waals surface area contributed by atoms with E-state index in [4.69, 9.17) is 9.47 Å². The van der Waals surface area contributed by atoms with E-state index in [0.29, 0.717) is 30.9 Å². The normalized spacial score (nSPS) is 11.5. The van der Waals surface area contributed by atoms with Crippen LogP contribution in [0.15, 0.2) is 48.5 Å². The minimum atomic E-state index is 0.256. The van der Waals surface area contributed by atoms with E-state index in [1.54, 1.807) is 14.2 Å². The first-order valence-corrected chi connectivity index (χ1v) is 10.4. The molecular formula is C23H30N6O2. The molecule has 0 spiro atoms. The topological polar surface area (TPSA) is 93.2 Å². The van der Waals surface area contributed by atoms with Crippen LogP contribution in [0.25, 0.3) is 0 Å². The summed E-state index contributed by atoms with van der Waals surface area (Å²) in [5, 5.41) is 9.89. The van der Waals surface area contributed by atoms with Gasteiger partial charge in [-0.3, -0.25) is 0 Å². The number of anilines is 3. The van der Waals surface area contributed by atoms with E-state index in [-0.39, 0.29) is 6.04 Å². The van der Waals surface area contributed by atoms with Gasteiger partial charge < -0.3 is 25.4 Å². The standard InChI is InChI=1S/C23H30N6O2/c1-5-16(2)26-23-28-21(24-14-17-6-10-19(30-3)11-7-17)27-22(29-23)25-15-18-8-12-20(31-4)13-9-18/h6-13,16H,5,14-15H2,1-4H3,(H3,24,25,26,27,28,29). The van der Waals surface area contributed by atoms with E-state index in [2.05, 4.69) is 44.7 Å². The molecule has 31 heavy (non-hydrogen) atoms. The van der Waals surface area contributed by atoms with Crippen molar-refractivity contribution < 1.29 is 9.47 Å². The fourth-order valence-electron chi connectivity index (χ4n) is 2.77. The molecule has 164 valence electrons. The Kier molecular flexibility index (Phi) is 7.86. The monoisotopic (exact) mass is 422 g/mol. The Bertz CT molecular complexity index is 878. The minimum Gasteiger partial charge on any atom is -0.497 e. The molecule has 0 aliphatic heterocycles. The second kappa shape index (κ2) is 11.0. The molecule has 8 heteroatoms. The van der Waals surface area contributed by atoms with Crippen molar-refractivity contribution in [2.45, 2.75) is 39.4 Å². The smallest absolute Gasteiger partial charge is 0.229 e. The lowest BCUT2D eigenvalue weighted by Gasteiger charge is -2.14. The maximum atomic E-state index is 5.21. The molecule has 0 aliphatic rings. The van der Waals surface area contributed by atoms with Gasteiger partial charge in [0.25, 0.3) is 0 Å². The Morgan fingerprint density at radius 2 is 1.13 bits per heavy atom. The first kappa shape index (κ1) is 22.1. The van der Waals surface area contributed by atoms with E-state index in [0.717, 1.165) is 29.0 Å². The number of hydrogen-bond acceptors (Lipinski definition) is 8. The van der Waals surface area contributed by atoms with Crippen LogP contribution in [0, 0.1) is 0 Å². The largest absolute Gasteiger partial charge is 0.497 e. The molecule has 0 saturated heterocycles. The summed E-state index contributed by atoms with van der Waals surface area (Å²) < 4.78 is 10.4. The zero-order chi connectivity index (χ0) is 22.1. The molecule has 1 heterocycles. The van der Waals surface area contributed by atoms with Crippen molar-refractivity contribution in [1.82, 2.24) is 15.0 Å². The number of ether oxygens (including phenoxy) is 2. The number of hydrogen-bond donors (Lipinski definition) is 3. The van der Waals surface area contributed by atoms with Gasteiger partial charge in [0, 0.05) is 19.1 Å². The van der Waals surface area contributed by atoms with Crippen LogP contribution in [0.5, 0.6) is 11.5 Å². The van der Waals surface area contributed by atoms with Gasteiger partial charge in [-0.2, -0.15) is 15.0 Å². The van der Waals surface area contributed by atoms with Crippen molar-refractivity contribution in [3.8, 4) is 11.5 Å². The molecule has 1 aromatic heterocycles. The Morgan fingerprint density at radius 3 is 1.52 bits per heavy atom. The Labute approximate surface area is 183 Å². The Balaban J connectivity index is 1.71. The summed E-state index contributed by atoms with van der Waals surface area (Å²) >= 11 is 0. The second-order valence-electron chi connectivity index (χ2n) is 7.16. The lowest BCUT2D eigenvalue weighted by molar-refractivity contribution is 0.414. The van der Waals surface area contributed by atoms with Crippen LogP contribution >= 0.6 is 0 Å². The average Bonchev–Trinajstić information content (AvgIpc) is 2.82. The van der Waals surface area contributed by atoms with Crippen LogP contribution in [-0.4, -0.2) is 35.2 Å². The van der Waals surface area contributed by atoms with Gasteiger partial charge in [-0.1, -0.05) is 31.2 Å². The number of aromatic nitrogens is 3. The van der Waals surface area contributed by atoms with Crippen LogP contribution in [-0.2, 0) is 13.1 Å². The van der Waals surface area contributed by atoms with E-state index < -0.39 is 0 Å². The van der Waals surface area contributed by atoms with E-state index in [1.807, 2.05) is 48.5 Å². The van der Waals surface area contributed by atoms with Gasteiger partial charge in [0.2, 0.25) is 17.8 Å². The predicted octanol–water partition coefficient (Wildman–Crippen LogP) is 4.32. The Hall–Kier alpha value is -3.55. The highest BCUT2D eigenvalue weighted by Gasteiger charge is 2.09. The summed E-state index contributed by atoms with van der Waals surface area (Å²) in [4.78, 5) is 13.6. The van der Waals surface area contributed by atoms with Gasteiger partial charge in [-0.25, -0.2) is 0 Å². The number of nitrogens with one attached hydrogen (secondary N) is 3. The summed E-state index contributed by atoms with van der Waals surface area (Å²) in [6.45, 7) is 5.40. The number of nitrogens with zero attached hydrogens (tertiary/aromatic N) is 3. The summed E-state index contributed by atoms with van der Waals surface area (Å²) in [5.74, 6) is 3.21. The van der Waals surface area contributed by atoms with Gasteiger partial charge in [-0.15, -0.1) is 0 Å². The molecule has 3 N–H and O–H groups in total. The van der Waals surface area contributed by atoms with Crippen molar-refractivity contribution in [3.05, 3.63) is 59.7 Å². The zero-order valence-corrected chi connectivity index (χ0v) is 18.5. The molecule has 0 bridgehead atoms. The lowest BCUT2D eigenvalue weighted by Crippen LogP contribution is -2.18. The van der Waals surface area contributed by atoms with Gasteiger partial charge in [0.15, 0.2) is 0 Å². The first-order valence-electron chi connectivity index (χ1n) is 10.4. The van der Waals surface area contributed by atoms with Crippen molar-refractivity contribution >= 4 is 17.8 Å². The van der Waals surface area contributed by atoms with Gasteiger partial charge in [0.05, 0.1) is 14.2 Å². The molecular weight excluding hydrogens is 392 g/mol. The maximum Gasteiger partial charge on any atom is 0.229 e. The number of methoxy groups -OCH3 is 2. The molecule has 1 atom stereocenters. The summed E-state index contributed by atoms with van der Waals surface area (Å²) in [5.41, 5.74) is 2.20. The van der Waals surface area contributed by atoms with Crippen molar-refractivity contribution in [2.24, 2.45) is 0 Å². The third kappa shape index (κ3) is 6.74. The quantitative estimate of drug-likeness (QED) is 0.421. The average molecular weight is 423 g/mol. The van der Waals surface area contributed by atoms with Gasteiger partial charge >= 0.3 is 0 Å². The first-order chi connectivity index (χ1) is 15.1. The highest BCUT2D eigenvalue weighted by Crippen LogP contribution is 2.16. The van der Waals surface area contributed by atoms with Crippen molar-refractivity contribution in [3.63, 3.8) is 0 Å². The van der Waals surface area contributed by atoms with Crippen molar-refractivity contribution in [2.75, 3.05) is 30.2 Å². The molecule has 0 aliphatic carbocycles. The predicted molar refractivity (Wildman–Crippen MR) is 124 cm³/mol. The third-order valence-electron chi connectivity index (χ3n) is 4.84. The fourth-order valence-corrected chi connectivity index (χ4v) is 2.77. The molecule has 0 radical (unpaired) electrons. The third-order valence-corrected chi connectivity index (χ3v) is 4.84. The van der Waals surface area contributed by atoms with Crippen LogP contribution in [0.2, 0.25) is 0 Å². The highest BCUT2D eigenvalue weighted by molar-refractivity contribution is 5.43. The number of benzene rings is 2. The minimum absolute atomic E-state index is 0.256. The molecule has 0 fully saturated rings. The lowest BCUT2D eigenvalue weighted by atomic mass is 10.2. The van der Waals surface area contributed by atoms with Crippen LogP contribution in [0.3, 0.4) is 0 Å². The molecule has 1 unspecified atom stereocenters. The Morgan fingerprint density at radius 1 is 0.710 bits per heavy atom. The number of rotatable bonds is 11. The van der Waals surface area contributed by atoms with Gasteiger partial charge in [0.1, 0.15) is 11.5 Å². The molecule has 8 nitrogen and oxygen atoms in total. The van der Waals surface area contributed by atoms with Crippen LogP contribution in [0.4, 0.5) is 17.8 Å². The summed E-state index contributed by atoms with van der Waals surface area (Å²) in [6.07, 6.45) is 0.967. The molecule has 2 aromatic carbocycles. The fraction of sp³-hybridized carbons (Fsp3) is 0.348. The van der Waals surface area contributed by atoms with Gasteiger partial charge in [-0.05, 0) is 48.7 Å². The highest BCUT2D eigenvalue weighted by atomic mass is 16.5. The molecule has 0 amide bonds. The summed E-state index contributed by atoms with van der Waals surface area (Å²) in [6, 6.07) is 16.0. The zero-order valence-electron chi connectivity index (χ0n) is 18.5. The van der Waals surface area contributed by atoms with E-state index in [1.165, 1.54) is 0 Å². The maximum absolute atomic E-state index is 5.21. The second-order valence-corrected chi connectivity index (χ2v) is 7.16. The van der Waals surface area contributed by atoms with E-state index in [9.17, 15) is 0 Å². The molecule has 3 rings (SSSR count). The van der Waals surface area contributed by atoms with Crippen molar-refractivity contribution in [1.29, 1.82) is 0 Å². The van der Waals surface area contributed by atoms with Crippen LogP contribution < -0.4 is 25.4 Å². The van der Waals surface area contributed by atoms with E-state index >= 15 is 0 Å². The van der Waals surface area contributed by atoms with Crippen LogP contribution in [0.1, 0.15) is 31.4 Å². The molecule has 3 aromatic rings. The summed E-state index contributed by atoms with van der Waals surface area (Å²) in [7, 11) is 3.31. The molecule has 0 saturated carbocycles.